The zero-order chi connectivity index (χ0) is 20.8. The maximum Gasteiger partial charge on any atom is 0.0215 e. The second kappa shape index (κ2) is 7.51. The third-order valence-corrected chi connectivity index (χ3v) is 7.05. The molecule has 31 heavy (non-hydrogen) atoms. The first-order chi connectivity index (χ1) is 15.3. The minimum absolute atomic E-state index is 1.27. The first kappa shape index (κ1) is 18.6. The first-order valence-electron chi connectivity index (χ1n) is 10.5. The zero-order valence-electron chi connectivity index (χ0n) is 16.8. The molecule has 0 nitrogen and oxygen atoms in total. The van der Waals surface area contributed by atoms with Crippen molar-refractivity contribution in [1.82, 2.24) is 0 Å². The quantitative estimate of drug-likeness (QED) is 0.206. The van der Waals surface area contributed by atoms with Crippen molar-refractivity contribution >= 4 is 54.9 Å². The van der Waals surface area contributed by atoms with Gasteiger partial charge in [-0.2, -0.15) is 0 Å². The Morgan fingerprint density at radius 1 is 0.355 bits per heavy atom. The van der Waals surface area contributed by atoms with Crippen LogP contribution in [0.2, 0.25) is 0 Å². The van der Waals surface area contributed by atoms with Gasteiger partial charge in [-0.05, 0) is 77.8 Å². The molecule has 0 aliphatic carbocycles. The highest BCUT2D eigenvalue weighted by Crippen LogP contribution is 2.41. The summed E-state index contributed by atoms with van der Waals surface area (Å²) < 4.78 is 1.28. The van der Waals surface area contributed by atoms with Crippen LogP contribution in [0.15, 0.2) is 115 Å². The molecule has 0 amide bonds. The van der Waals surface area contributed by atoms with E-state index in [9.17, 15) is 0 Å². The number of halogens is 1. The molecule has 0 aliphatic rings. The summed E-state index contributed by atoms with van der Waals surface area (Å²) in [6.45, 7) is 0. The molecule has 0 fully saturated rings. The van der Waals surface area contributed by atoms with Crippen molar-refractivity contribution in [3.8, 4) is 22.3 Å². The van der Waals surface area contributed by atoms with E-state index in [0.717, 1.165) is 0 Å². The molecule has 0 bridgehead atoms. The molecule has 0 spiro atoms. The number of hydrogen-bond acceptors (Lipinski definition) is 0. The van der Waals surface area contributed by atoms with Gasteiger partial charge in [0.15, 0.2) is 0 Å². The van der Waals surface area contributed by atoms with Crippen LogP contribution >= 0.6 is 22.6 Å². The Morgan fingerprint density at radius 2 is 0.806 bits per heavy atom. The Hall–Kier alpha value is -3.17. The van der Waals surface area contributed by atoms with Gasteiger partial charge in [0.05, 0.1) is 0 Å². The topological polar surface area (TPSA) is 0 Å². The molecule has 0 unspecified atom stereocenters. The van der Waals surface area contributed by atoms with Gasteiger partial charge in [-0.3, -0.25) is 0 Å². The normalized spacial score (nSPS) is 11.4. The average Bonchev–Trinajstić information content (AvgIpc) is 2.83. The predicted octanol–water partition coefficient (Wildman–Crippen LogP) is 9.08. The molecule has 0 saturated carbocycles. The van der Waals surface area contributed by atoms with Gasteiger partial charge in [-0.25, -0.2) is 0 Å². The van der Waals surface area contributed by atoms with Gasteiger partial charge in [0, 0.05) is 8.96 Å². The lowest BCUT2D eigenvalue weighted by molar-refractivity contribution is 1.64. The van der Waals surface area contributed by atoms with E-state index in [-0.39, 0.29) is 0 Å². The van der Waals surface area contributed by atoms with Crippen LogP contribution in [0.1, 0.15) is 0 Å². The van der Waals surface area contributed by atoms with Crippen LogP contribution in [0, 0.1) is 3.57 Å². The number of rotatable bonds is 2. The van der Waals surface area contributed by atoms with E-state index < -0.39 is 0 Å². The second-order valence-electron chi connectivity index (χ2n) is 7.88. The van der Waals surface area contributed by atoms with E-state index in [1.54, 1.807) is 0 Å². The van der Waals surface area contributed by atoms with Crippen LogP contribution in [0.4, 0.5) is 0 Å². The molecule has 1 heteroatoms. The molecule has 6 aromatic carbocycles. The van der Waals surface area contributed by atoms with Crippen molar-refractivity contribution < 1.29 is 0 Å². The average molecular weight is 506 g/mol. The van der Waals surface area contributed by atoms with Gasteiger partial charge in [-0.15, -0.1) is 0 Å². The minimum Gasteiger partial charge on any atom is -0.0616 e. The van der Waals surface area contributed by atoms with E-state index in [0.29, 0.717) is 0 Å². The van der Waals surface area contributed by atoms with Crippen molar-refractivity contribution in [2.45, 2.75) is 0 Å². The highest BCUT2D eigenvalue weighted by atomic mass is 127. The fourth-order valence-corrected chi connectivity index (χ4v) is 5.50. The van der Waals surface area contributed by atoms with Crippen LogP contribution in [-0.4, -0.2) is 0 Å². The first-order valence-corrected chi connectivity index (χ1v) is 11.6. The van der Waals surface area contributed by atoms with Crippen LogP contribution < -0.4 is 0 Å². The number of hydrogen-bond donors (Lipinski definition) is 0. The lowest BCUT2D eigenvalue weighted by Gasteiger charge is -2.16. The predicted molar refractivity (Wildman–Crippen MR) is 143 cm³/mol. The van der Waals surface area contributed by atoms with Gasteiger partial charge in [0.25, 0.3) is 0 Å². The summed E-state index contributed by atoms with van der Waals surface area (Å²) >= 11 is 2.49. The van der Waals surface area contributed by atoms with Crippen molar-refractivity contribution in [2.75, 3.05) is 0 Å². The number of benzene rings is 6. The molecule has 6 rings (SSSR count). The third kappa shape index (κ3) is 3.03. The molecule has 0 aliphatic heterocycles. The van der Waals surface area contributed by atoms with Crippen molar-refractivity contribution in [2.24, 2.45) is 0 Å². The molecular formula is C30H19I. The van der Waals surface area contributed by atoms with Crippen LogP contribution in [0.25, 0.3) is 54.6 Å². The van der Waals surface area contributed by atoms with E-state index in [1.807, 2.05) is 0 Å². The van der Waals surface area contributed by atoms with Crippen molar-refractivity contribution in [3.63, 3.8) is 0 Å². The number of fused-ring (bicyclic) bond motifs is 3. The van der Waals surface area contributed by atoms with Gasteiger partial charge >= 0.3 is 0 Å². The Balaban J connectivity index is 1.70. The van der Waals surface area contributed by atoms with Gasteiger partial charge in [0.2, 0.25) is 0 Å². The van der Waals surface area contributed by atoms with Crippen LogP contribution in [0.5, 0.6) is 0 Å². The van der Waals surface area contributed by atoms with Gasteiger partial charge in [-0.1, -0.05) is 109 Å². The molecule has 0 heterocycles. The van der Waals surface area contributed by atoms with Crippen LogP contribution in [0.3, 0.4) is 0 Å². The fourth-order valence-electron chi connectivity index (χ4n) is 4.74. The maximum absolute atomic E-state index is 2.49. The highest BCUT2D eigenvalue weighted by molar-refractivity contribution is 14.1. The summed E-state index contributed by atoms with van der Waals surface area (Å²) in [7, 11) is 0. The molecule has 0 radical (unpaired) electrons. The third-order valence-electron chi connectivity index (χ3n) is 6.15. The summed E-state index contributed by atoms with van der Waals surface area (Å²) in [6.07, 6.45) is 0. The fraction of sp³-hybridized carbons (Fsp3) is 0. The Bertz CT molecular complexity index is 1580. The standard InChI is InChI=1S/C30H19I/c31-29-19-18-26(24-14-5-10-20-8-1-3-12-22(20)24)28-17-7-16-27(30(28)29)25-15-6-11-21-9-2-4-13-23(21)25/h1-19H. The molecule has 0 N–H and O–H groups in total. The molecule has 146 valence electrons. The van der Waals surface area contributed by atoms with Gasteiger partial charge in [0.1, 0.15) is 0 Å². The minimum atomic E-state index is 1.27. The monoisotopic (exact) mass is 506 g/mol. The Labute approximate surface area is 195 Å². The van der Waals surface area contributed by atoms with Crippen molar-refractivity contribution in [3.05, 3.63) is 119 Å². The van der Waals surface area contributed by atoms with Crippen molar-refractivity contribution in [1.29, 1.82) is 0 Å². The highest BCUT2D eigenvalue weighted by Gasteiger charge is 2.14. The zero-order valence-corrected chi connectivity index (χ0v) is 19.0. The summed E-state index contributed by atoms with van der Waals surface area (Å²) in [6, 6.07) is 41.8. The van der Waals surface area contributed by atoms with E-state index in [1.165, 1.54) is 58.1 Å². The molecule has 0 atom stereocenters. The Morgan fingerprint density at radius 3 is 1.48 bits per heavy atom. The lowest BCUT2D eigenvalue weighted by Crippen LogP contribution is -1.90. The Kier molecular flexibility index (Phi) is 4.50. The largest absolute Gasteiger partial charge is 0.0616 e. The van der Waals surface area contributed by atoms with E-state index >= 15 is 0 Å². The van der Waals surface area contributed by atoms with Gasteiger partial charge < -0.3 is 0 Å². The smallest absolute Gasteiger partial charge is 0.0215 e. The van der Waals surface area contributed by atoms with E-state index in [4.69, 9.17) is 0 Å². The summed E-state index contributed by atoms with van der Waals surface area (Å²) in [5.74, 6) is 0. The summed E-state index contributed by atoms with van der Waals surface area (Å²) in [5.41, 5.74) is 5.15. The SMILES string of the molecule is Ic1ccc(-c2cccc3ccccc23)c2cccc(-c3cccc4ccccc34)c12. The summed E-state index contributed by atoms with van der Waals surface area (Å²) in [5, 5.41) is 7.76. The molecule has 0 aromatic heterocycles. The molecule has 0 saturated heterocycles. The summed E-state index contributed by atoms with van der Waals surface area (Å²) in [4.78, 5) is 0. The molecular weight excluding hydrogens is 487 g/mol. The lowest BCUT2D eigenvalue weighted by atomic mass is 9.89. The molecule has 6 aromatic rings. The van der Waals surface area contributed by atoms with Crippen LogP contribution in [-0.2, 0) is 0 Å². The second-order valence-corrected chi connectivity index (χ2v) is 9.04. The van der Waals surface area contributed by atoms with E-state index in [2.05, 4.69) is 138 Å². The maximum atomic E-state index is 2.49.